The summed E-state index contributed by atoms with van der Waals surface area (Å²) in [7, 11) is 0. The van der Waals surface area contributed by atoms with Crippen LogP contribution in [-0.2, 0) is 22.7 Å². The number of rotatable bonds is 13. The first-order valence-electron chi connectivity index (χ1n) is 8.80. The molecule has 0 amide bonds. The highest BCUT2D eigenvalue weighted by molar-refractivity contribution is 5.69. The van der Waals surface area contributed by atoms with Gasteiger partial charge in [-0.3, -0.25) is 9.48 Å². The zero-order chi connectivity index (χ0) is 16.0. The number of nitrogens with zero attached hydrogens (tertiary/aromatic N) is 3. The number of hydrogen-bond acceptors (Lipinski definition) is 4. The summed E-state index contributed by atoms with van der Waals surface area (Å²) >= 11 is 0. The van der Waals surface area contributed by atoms with Crippen LogP contribution in [0.1, 0.15) is 83.7 Å². The molecule has 0 aliphatic carbocycles. The largest absolute Gasteiger partial charge is 0.459 e. The van der Waals surface area contributed by atoms with Crippen LogP contribution in [0.3, 0.4) is 0 Å². The van der Waals surface area contributed by atoms with Gasteiger partial charge < -0.3 is 4.74 Å². The molecule has 0 saturated heterocycles. The molecule has 1 heterocycles. The average Bonchev–Trinajstić information content (AvgIpc) is 2.99. The first kappa shape index (κ1) is 18.7. The van der Waals surface area contributed by atoms with Gasteiger partial charge >= 0.3 is 5.97 Å². The van der Waals surface area contributed by atoms with E-state index < -0.39 is 0 Å². The summed E-state index contributed by atoms with van der Waals surface area (Å²) in [5.74, 6) is -0.131. The fourth-order valence-corrected chi connectivity index (χ4v) is 2.37. The number of aromatic nitrogens is 3. The minimum Gasteiger partial charge on any atom is -0.459 e. The molecular formula is C17H31N3O2. The molecule has 1 aromatic heterocycles. The first-order chi connectivity index (χ1) is 10.8. The number of unbranched alkanes of at least 4 members (excludes halogenated alkanes) is 8. The predicted molar refractivity (Wildman–Crippen MR) is 87.3 cm³/mol. The van der Waals surface area contributed by atoms with Crippen LogP contribution in [0.5, 0.6) is 0 Å². The van der Waals surface area contributed by atoms with E-state index in [0.29, 0.717) is 12.1 Å². The van der Waals surface area contributed by atoms with E-state index in [9.17, 15) is 4.79 Å². The molecule has 1 rings (SSSR count). The van der Waals surface area contributed by atoms with E-state index in [4.69, 9.17) is 4.74 Å². The highest BCUT2D eigenvalue weighted by Crippen LogP contribution is 2.11. The maximum atomic E-state index is 11.6. The highest BCUT2D eigenvalue weighted by atomic mass is 16.5. The molecular weight excluding hydrogens is 278 g/mol. The predicted octanol–water partition coefficient (Wildman–Crippen LogP) is 4.26. The van der Waals surface area contributed by atoms with Gasteiger partial charge in [-0.1, -0.05) is 63.5 Å². The second kappa shape index (κ2) is 12.2. The van der Waals surface area contributed by atoms with Crippen molar-refractivity contribution >= 4 is 5.97 Å². The summed E-state index contributed by atoms with van der Waals surface area (Å²) < 4.78 is 6.93. The van der Waals surface area contributed by atoms with Gasteiger partial charge in [0.05, 0.1) is 6.20 Å². The molecule has 0 bridgehead atoms. The highest BCUT2D eigenvalue weighted by Gasteiger charge is 2.05. The van der Waals surface area contributed by atoms with Crippen LogP contribution in [0.25, 0.3) is 0 Å². The Morgan fingerprint density at radius 3 is 2.27 bits per heavy atom. The van der Waals surface area contributed by atoms with E-state index >= 15 is 0 Å². The van der Waals surface area contributed by atoms with Crippen LogP contribution in [0.15, 0.2) is 6.20 Å². The molecule has 22 heavy (non-hydrogen) atoms. The smallest absolute Gasteiger partial charge is 0.306 e. The number of ether oxygens (including phenoxy) is 1. The molecule has 5 nitrogen and oxygen atoms in total. The minimum absolute atomic E-state index is 0.131. The molecule has 0 aromatic carbocycles. The zero-order valence-electron chi connectivity index (χ0n) is 14.2. The Balaban J connectivity index is 1.93. The van der Waals surface area contributed by atoms with Crippen molar-refractivity contribution in [1.29, 1.82) is 0 Å². The molecule has 5 heteroatoms. The number of esters is 1. The van der Waals surface area contributed by atoms with E-state index in [0.717, 1.165) is 19.4 Å². The normalized spacial score (nSPS) is 10.8. The van der Waals surface area contributed by atoms with Crippen LogP contribution in [0, 0.1) is 0 Å². The third-order valence-corrected chi connectivity index (χ3v) is 3.78. The summed E-state index contributed by atoms with van der Waals surface area (Å²) in [5.41, 5.74) is 0.710. The Morgan fingerprint density at radius 1 is 1.05 bits per heavy atom. The lowest BCUT2D eigenvalue weighted by Gasteiger charge is -2.03. The number of carbonyl (C=O) groups is 1. The molecule has 0 N–H and O–H groups in total. The second-order valence-corrected chi connectivity index (χ2v) is 5.80. The number of hydrogen-bond donors (Lipinski definition) is 0. The van der Waals surface area contributed by atoms with Crippen molar-refractivity contribution in [3.63, 3.8) is 0 Å². The molecule has 0 aliphatic rings. The average molecular weight is 309 g/mol. The van der Waals surface area contributed by atoms with Crippen molar-refractivity contribution in [2.24, 2.45) is 0 Å². The Bertz CT molecular complexity index is 404. The van der Waals surface area contributed by atoms with Crippen molar-refractivity contribution in [3.8, 4) is 0 Å². The zero-order valence-corrected chi connectivity index (χ0v) is 14.2. The lowest BCUT2D eigenvalue weighted by molar-refractivity contribution is -0.145. The molecule has 0 unspecified atom stereocenters. The van der Waals surface area contributed by atoms with Gasteiger partial charge in [0.15, 0.2) is 0 Å². The molecule has 0 aliphatic heterocycles. The maximum Gasteiger partial charge on any atom is 0.306 e. The summed E-state index contributed by atoms with van der Waals surface area (Å²) in [6.07, 6.45) is 13.6. The van der Waals surface area contributed by atoms with Crippen LogP contribution in [0.2, 0.25) is 0 Å². The summed E-state index contributed by atoms with van der Waals surface area (Å²) in [5, 5.41) is 7.86. The van der Waals surface area contributed by atoms with E-state index in [1.54, 1.807) is 4.68 Å². The van der Waals surface area contributed by atoms with E-state index in [1.807, 2.05) is 13.1 Å². The fourth-order valence-electron chi connectivity index (χ4n) is 2.37. The molecule has 0 atom stereocenters. The van der Waals surface area contributed by atoms with Crippen LogP contribution >= 0.6 is 0 Å². The Hall–Kier alpha value is -1.39. The topological polar surface area (TPSA) is 57.0 Å². The minimum atomic E-state index is -0.131. The van der Waals surface area contributed by atoms with Gasteiger partial charge in [-0.05, 0) is 13.3 Å². The Morgan fingerprint density at radius 2 is 1.68 bits per heavy atom. The third-order valence-electron chi connectivity index (χ3n) is 3.78. The summed E-state index contributed by atoms with van der Waals surface area (Å²) in [4.78, 5) is 11.6. The first-order valence-corrected chi connectivity index (χ1v) is 8.80. The SMILES string of the molecule is CCCCCCCCCCCC(=O)OCc1cn(CC)nn1. The summed E-state index contributed by atoms with van der Waals surface area (Å²) in [6, 6.07) is 0. The van der Waals surface area contributed by atoms with Gasteiger partial charge in [0, 0.05) is 13.0 Å². The van der Waals surface area contributed by atoms with Gasteiger partial charge in [-0.25, -0.2) is 0 Å². The van der Waals surface area contributed by atoms with Gasteiger partial charge in [0.2, 0.25) is 0 Å². The van der Waals surface area contributed by atoms with E-state index in [2.05, 4.69) is 17.2 Å². The van der Waals surface area contributed by atoms with E-state index in [1.165, 1.54) is 44.9 Å². The molecule has 0 spiro atoms. The number of carbonyl (C=O) groups excluding carboxylic acids is 1. The van der Waals surface area contributed by atoms with Crippen molar-refractivity contribution in [2.75, 3.05) is 0 Å². The van der Waals surface area contributed by atoms with Gasteiger partial charge in [-0.2, -0.15) is 0 Å². The quantitative estimate of drug-likeness (QED) is 0.403. The fraction of sp³-hybridized carbons (Fsp3) is 0.824. The molecule has 126 valence electrons. The molecule has 1 aromatic rings. The van der Waals surface area contributed by atoms with Gasteiger partial charge in [0.25, 0.3) is 0 Å². The lowest BCUT2D eigenvalue weighted by atomic mass is 10.1. The molecule has 0 radical (unpaired) electrons. The van der Waals surface area contributed by atoms with E-state index in [-0.39, 0.29) is 12.6 Å². The van der Waals surface area contributed by atoms with Crippen LogP contribution < -0.4 is 0 Å². The van der Waals surface area contributed by atoms with Crippen molar-refractivity contribution in [3.05, 3.63) is 11.9 Å². The molecule has 0 fully saturated rings. The third kappa shape index (κ3) is 8.80. The van der Waals surface area contributed by atoms with Gasteiger partial charge in [-0.15, -0.1) is 5.10 Å². The summed E-state index contributed by atoms with van der Waals surface area (Å²) in [6.45, 7) is 5.24. The van der Waals surface area contributed by atoms with Crippen molar-refractivity contribution in [1.82, 2.24) is 15.0 Å². The van der Waals surface area contributed by atoms with Crippen LogP contribution in [0.4, 0.5) is 0 Å². The van der Waals surface area contributed by atoms with Crippen molar-refractivity contribution < 1.29 is 9.53 Å². The van der Waals surface area contributed by atoms with Crippen molar-refractivity contribution in [2.45, 2.75) is 91.2 Å². The molecule has 0 saturated carbocycles. The Labute approximate surface area is 134 Å². The maximum absolute atomic E-state index is 11.6. The van der Waals surface area contributed by atoms with Gasteiger partial charge in [0.1, 0.15) is 12.3 Å². The number of aryl methyl sites for hydroxylation is 1. The lowest BCUT2D eigenvalue weighted by Crippen LogP contribution is -2.04. The van der Waals surface area contributed by atoms with Crippen LogP contribution in [-0.4, -0.2) is 21.0 Å². The Kier molecular flexibility index (Phi) is 10.3. The monoisotopic (exact) mass is 309 g/mol. The standard InChI is InChI=1S/C17H31N3O2/c1-3-5-6-7-8-9-10-11-12-13-17(21)22-15-16-14-20(4-2)19-18-16/h14H,3-13,15H2,1-2H3. The second-order valence-electron chi connectivity index (χ2n) is 5.80.